The summed E-state index contributed by atoms with van der Waals surface area (Å²) >= 11 is 0. The topological polar surface area (TPSA) is 83.6 Å². The molecule has 2 fully saturated rings. The molecule has 2 aliphatic heterocycles. The molecule has 0 aromatic heterocycles. The molecule has 3 N–H and O–H groups in total. The Morgan fingerprint density at radius 3 is 2.52 bits per heavy atom. The molecule has 3 rings (SSSR count). The lowest BCUT2D eigenvalue weighted by Crippen LogP contribution is -2.37. The molecule has 0 spiro atoms. The van der Waals surface area contributed by atoms with Crippen molar-refractivity contribution in [3.05, 3.63) is 35.4 Å². The summed E-state index contributed by atoms with van der Waals surface area (Å²) in [7, 11) is 0. The quantitative estimate of drug-likeness (QED) is 0.874. The van der Waals surface area contributed by atoms with E-state index in [1.54, 1.807) is 4.90 Å². The molecule has 1 aromatic carbocycles. The summed E-state index contributed by atoms with van der Waals surface area (Å²) in [6.45, 7) is 0.587. The summed E-state index contributed by atoms with van der Waals surface area (Å²) in [5.74, 6) is -1.21. The van der Waals surface area contributed by atoms with Crippen molar-refractivity contribution in [1.29, 1.82) is 0 Å². The van der Waals surface area contributed by atoms with Crippen LogP contribution in [-0.2, 0) is 11.2 Å². The van der Waals surface area contributed by atoms with Crippen LogP contribution in [0.5, 0.6) is 0 Å². The van der Waals surface area contributed by atoms with Crippen LogP contribution in [0.15, 0.2) is 24.3 Å². The second-order valence-corrected chi connectivity index (χ2v) is 5.93. The van der Waals surface area contributed by atoms with E-state index in [0.29, 0.717) is 18.5 Å². The lowest BCUT2D eigenvalue weighted by Gasteiger charge is -2.23. The number of carboxylic acid groups (broad SMARTS) is 1. The van der Waals surface area contributed by atoms with E-state index in [-0.39, 0.29) is 18.0 Å². The number of rotatable bonds is 4. The van der Waals surface area contributed by atoms with Crippen LogP contribution < -0.4 is 5.73 Å². The molecule has 5 heteroatoms. The van der Waals surface area contributed by atoms with Gasteiger partial charge in [-0.25, -0.2) is 0 Å². The lowest BCUT2D eigenvalue weighted by molar-refractivity contribution is -0.142. The largest absolute Gasteiger partial charge is 0.481 e. The van der Waals surface area contributed by atoms with Crippen molar-refractivity contribution in [2.75, 3.05) is 6.54 Å². The standard InChI is InChI=1S/C16H20N2O3/c17-8-7-10-1-3-11(4-2-10)15(19)18-12-5-6-14(18)13(9-12)16(20)21/h1-4,12-14H,5-9,17H2,(H,20,21). The summed E-state index contributed by atoms with van der Waals surface area (Å²) in [6.07, 6.45) is 3.12. The molecule has 5 nitrogen and oxygen atoms in total. The van der Waals surface area contributed by atoms with Gasteiger partial charge in [-0.1, -0.05) is 12.1 Å². The molecule has 112 valence electrons. The first-order chi connectivity index (χ1) is 10.1. The van der Waals surface area contributed by atoms with Gasteiger partial charge in [0.05, 0.1) is 5.92 Å². The maximum absolute atomic E-state index is 12.7. The van der Waals surface area contributed by atoms with Gasteiger partial charge in [-0.2, -0.15) is 0 Å². The zero-order valence-electron chi connectivity index (χ0n) is 11.9. The summed E-state index contributed by atoms with van der Waals surface area (Å²) < 4.78 is 0. The maximum atomic E-state index is 12.7. The second kappa shape index (κ2) is 5.48. The number of carbonyl (C=O) groups excluding carboxylic acids is 1. The number of nitrogens with two attached hydrogens (primary N) is 1. The van der Waals surface area contributed by atoms with E-state index < -0.39 is 11.9 Å². The van der Waals surface area contributed by atoms with E-state index in [0.717, 1.165) is 24.8 Å². The average Bonchev–Trinajstić information content (AvgIpc) is 3.05. The number of aliphatic carboxylic acids is 1. The van der Waals surface area contributed by atoms with Crippen molar-refractivity contribution >= 4 is 11.9 Å². The van der Waals surface area contributed by atoms with Gasteiger partial charge >= 0.3 is 5.97 Å². The van der Waals surface area contributed by atoms with E-state index in [4.69, 9.17) is 5.73 Å². The SMILES string of the molecule is NCCc1ccc(C(=O)N2C3CCC2C(C(=O)O)C3)cc1. The first-order valence-corrected chi connectivity index (χ1v) is 7.46. The third-order valence-corrected chi connectivity index (χ3v) is 4.72. The number of amides is 1. The summed E-state index contributed by atoms with van der Waals surface area (Å²) in [6, 6.07) is 7.44. The zero-order valence-corrected chi connectivity index (χ0v) is 11.9. The molecule has 2 heterocycles. The molecule has 3 unspecified atom stereocenters. The Hall–Kier alpha value is -1.88. The molecule has 1 aromatic rings. The monoisotopic (exact) mass is 288 g/mol. The molecule has 0 radical (unpaired) electrons. The smallest absolute Gasteiger partial charge is 0.308 e. The average molecular weight is 288 g/mol. The highest BCUT2D eigenvalue weighted by molar-refractivity contribution is 5.95. The molecule has 0 saturated carbocycles. The second-order valence-electron chi connectivity index (χ2n) is 5.93. The minimum Gasteiger partial charge on any atom is -0.481 e. The normalized spacial score (nSPS) is 27.1. The number of hydrogen-bond donors (Lipinski definition) is 2. The van der Waals surface area contributed by atoms with Crippen LogP contribution in [0.3, 0.4) is 0 Å². The maximum Gasteiger partial charge on any atom is 0.308 e. The number of carbonyl (C=O) groups is 2. The van der Waals surface area contributed by atoms with E-state index >= 15 is 0 Å². The molecule has 3 atom stereocenters. The predicted octanol–water partition coefficient (Wildman–Crippen LogP) is 1.27. The summed E-state index contributed by atoms with van der Waals surface area (Å²) in [4.78, 5) is 25.7. The Bertz CT molecular complexity index is 555. The summed E-state index contributed by atoms with van der Waals surface area (Å²) in [5, 5.41) is 9.25. The van der Waals surface area contributed by atoms with Crippen molar-refractivity contribution in [2.45, 2.75) is 37.8 Å². The van der Waals surface area contributed by atoms with Crippen LogP contribution in [0.4, 0.5) is 0 Å². The highest BCUT2D eigenvalue weighted by Gasteiger charge is 2.51. The van der Waals surface area contributed by atoms with Gasteiger partial charge in [0.1, 0.15) is 0 Å². The van der Waals surface area contributed by atoms with Crippen LogP contribution in [0.1, 0.15) is 35.2 Å². The van der Waals surface area contributed by atoms with Crippen LogP contribution in [0.25, 0.3) is 0 Å². The van der Waals surface area contributed by atoms with Crippen LogP contribution in [0.2, 0.25) is 0 Å². The molecule has 2 aliphatic rings. The van der Waals surface area contributed by atoms with Crippen molar-refractivity contribution < 1.29 is 14.7 Å². The Balaban J connectivity index is 1.78. The molecule has 21 heavy (non-hydrogen) atoms. The first kappa shape index (κ1) is 14.1. The van der Waals surface area contributed by atoms with Gasteiger partial charge in [0.15, 0.2) is 0 Å². The molecule has 0 aliphatic carbocycles. The third kappa shape index (κ3) is 2.42. The van der Waals surface area contributed by atoms with E-state index in [1.165, 1.54) is 0 Å². The number of fused-ring (bicyclic) bond motifs is 2. The van der Waals surface area contributed by atoms with Crippen LogP contribution in [0, 0.1) is 5.92 Å². The number of benzene rings is 1. The minimum absolute atomic E-state index is 0.0365. The molecular weight excluding hydrogens is 268 g/mol. The van der Waals surface area contributed by atoms with E-state index in [9.17, 15) is 14.7 Å². The Labute approximate surface area is 123 Å². The van der Waals surface area contributed by atoms with E-state index in [2.05, 4.69) is 0 Å². The Morgan fingerprint density at radius 2 is 1.95 bits per heavy atom. The molecule has 2 bridgehead atoms. The van der Waals surface area contributed by atoms with Crippen LogP contribution >= 0.6 is 0 Å². The molecule has 1 amide bonds. The van der Waals surface area contributed by atoms with Crippen molar-refractivity contribution in [1.82, 2.24) is 4.90 Å². The van der Waals surface area contributed by atoms with Gasteiger partial charge < -0.3 is 15.7 Å². The zero-order chi connectivity index (χ0) is 15.0. The van der Waals surface area contributed by atoms with Gasteiger partial charge in [-0.15, -0.1) is 0 Å². The minimum atomic E-state index is -0.779. The highest BCUT2D eigenvalue weighted by atomic mass is 16.4. The Kier molecular flexibility index (Phi) is 3.68. The fraction of sp³-hybridized carbons (Fsp3) is 0.500. The fourth-order valence-electron chi connectivity index (χ4n) is 3.70. The first-order valence-electron chi connectivity index (χ1n) is 7.46. The van der Waals surface area contributed by atoms with Gasteiger partial charge in [0, 0.05) is 17.6 Å². The predicted molar refractivity (Wildman–Crippen MR) is 77.9 cm³/mol. The highest BCUT2D eigenvalue weighted by Crippen LogP contribution is 2.42. The fourth-order valence-corrected chi connectivity index (χ4v) is 3.70. The number of nitrogens with zero attached hydrogens (tertiary/aromatic N) is 1. The third-order valence-electron chi connectivity index (χ3n) is 4.72. The van der Waals surface area contributed by atoms with Crippen LogP contribution in [-0.4, -0.2) is 40.5 Å². The molecular formula is C16H20N2O3. The van der Waals surface area contributed by atoms with Gasteiger partial charge in [0.25, 0.3) is 5.91 Å². The lowest BCUT2D eigenvalue weighted by atomic mass is 9.89. The Morgan fingerprint density at radius 1 is 1.24 bits per heavy atom. The van der Waals surface area contributed by atoms with Crippen molar-refractivity contribution in [3.8, 4) is 0 Å². The van der Waals surface area contributed by atoms with E-state index in [1.807, 2.05) is 24.3 Å². The van der Waals surface area contributed by atoms with Gasteiger partial charge in [-0.3, -0.25) is 9.59 Å². The summed E-state index contributed by atoms with van der Waals surface area (Å²) in [5.41, 5.74) is 7.27. The molecule has 2 saturated heterocycles. The van der Waals surface area contributed by atoms with Gasteiger partial charge in [0.2, 0.25) is 0 Å². The van der Waals surface area contributed by atoms with Gasteiger partial charge in [-0.05, 0) is 49.9 Å². The number of carboxylic acids is 1. The van der Waals surface area contributed by atoms with Crippen molar-refractivity contribution in [2.24, 2.45) is 11.7 Å². The van der Waals surface area contributed by atoms with Crippen molar-refractivity contribution in [3.63, 3.8) is 0 Å². The number of hydrogen-bond acceptors (Lipinski definition) is 3.